The quantitative estimate of drug-likeness (QED) is 0.810. The summed E-state index contributed by atoms with van der Waals surface area (Å²) in [5.74, 6) is 1.13. The second-order valence-corrected chi connectivity index (χ2v) is 5.51. The third-order valence-electron chi connectivity index (χ3n) is 4.04. The average molecular weight is 328 g/mol. The maximum atomic E-state index is 12.5. The highest BCUT2D eigenvalue weighted by Crippen LogP contribution is 2.27. The molecule has 0 bridgehead atoms. The fourth-order valence-electron chi connectivity index (χ4n) is 2.78. The zero-order chi connectivity index (χ0) is 16.9. The Bertz CT molecular complexity index is 696. The number of likely N-dealkylation sites (N-methyl/N-ethyl adjacent to an activating group) is 1. The standard InChI is InChI=1S/C16H20N6O2/c1-3-24-15-14(19-7-8-20-15)22-9-4-12(11-22)21(2)16(23)13-10-17-5-6-18-13/h5-8,10,12H,3-4,9,11H2,1-2H3. The third-order valence-corrected chi connectivity index (χ3v) is 4.04. The van der Waals surface area contributed by atoms with Gasteiger partial charge in [0.05, 0.1) is 18.8 Å². The van der Waals surface area contributed by atoms with Crippen molar-refractivity contribution in [2.75, 3.05) is 31.6 Å². The number of amides is 1. The van der Waals surface area contributed by atoms with Crippen LogP contribution >= 0.6 is 0 Å². The number of rotatable bonds is 5. The number of hydrogen-bond acceptors (Lipinski definition) is 7. The summed E-state index contributed by atoms with van der Waals surface area (Å²) in [6.07, 6.45) is 8.69. The molecule has 0 saturated carbocycles. The minimum Gasteiger partial charge on any atom is -0.475 e. The number of carbonyl (C=O) groups excluding carboxylic acids is 1. The van der Waals surface area contributed by atoms with Gasteiger partial charge in [-0.15, -0.1) is 0 Å². The van der Waals surface area contributed by atoms with Gasteiger partial charge in [-0.2, -0.15) is 0 Å². The summed E-state index contributed by atoms with van der Waals surface area (Å²) in [5, 5.41) is 0. The van der Waals surface area contributed by atoms with Crippen molar-refractivity contribution in [3.63, 3.8) is 0 Å². The molecule has 3 heterocycles. The number of ether oxygens (including phenoxy) is 1. The van der Waals surface area contributed by atoms with Crippen LogP contribution in [0.3, 0.4) is 0 Å². The highest BCUT2D eigenvalue weighted by atomic mass is 16.5. The van der Waals surface area contributed by atoms with Crippen molar-refractivity contribution in [1.29, 1.82) is 0 Å². The summed E-state index contributed by atoms with van der Waals surface area (Å²) in [7, 11) is 1.80. The molecular formula is C16H20N6O2. The number of anilines is 1. The van der Waals surface area contributed by atoms with Gasteiger partial charge in [-0.1, -0.05) is 0 Å². The highest BCUT2D eigenvalue weighted by Gasteiger charge is 2.31. The van der Waals surface area contributed by atoms with Crippen LogP contribution in [0.2, 0.25) is 0 Å². The third kappa shape index (κ3) is 3.27. The van der Waals surface area contributed by atoms with Crippen molar-refractivity contribution in [2.45, 2.75) is 19.4 Å². The molecule has 0 N–H and O–H groups in total. The Balaban J connectivity index is 1.70. The van der Waals surface area contributed by atoms with Crippen LogP contribution in [0, 0.1) is 0 Å². The topological polar surface area (TPSA) is 84.3 Å². The molecule has 1 saturated heterocycles. The van der Waals surface area contributed by atoms with Gasteiger partial charge in [-0.25, -0.2) is 15.0 Å². The number of hydrogen-bond donors (Lipinski definition) is 0. The first-order chi connectivity index (χ1) is 11.7. The number of aromatic nitrogens is 4. The Labute approximate surface area is 140 Å². The Kier molecular flexibility index (Phi) is 4.83. The Morgan fingerprint density at radius 2 is 2.08 bits per heavy atom. The van der Waals surface area contributed by atoms with E-state index in [2.05, 4.69) is 24.8 Å². The van der Waals surface area contributed by atoms with E-state index in [1.54, 1.807) is 30.5 Å². The maximum Gasteiger partial charge on any atom is 0.274 e. The van der Waals surface area contributed by atoms with Crippen molar-refractivity contribution in [2.24, 2.45) is 0 Å². The van der Waals surface area contributed by atoms with Crippen LogP contribution in [0.25, 0.3) is 0 Å². The lowest BCUT2D eigenvalue weighted by molar-refractivity contribution is 0.0738. The summed E-state index contributed by atoms with van der Waals surface area (Å²) in [4.78, 5) is 33.0. The summed E-state index contributed by atoms with van der Waals surface area (Å²) in [6.45, 7) is 3.93. The Hall–Kier alpha value is -2.77. The first kappa shape index (κ1) is 16.1. The molecule has 2 aromatic rings. The van der Waals surface area contributed by atoms with E-state index in [4.69, 9.17) is 4.74 Å². The SMILES string of the molecule is CCOc1nccnc1N1CCC(N(C)C(=O)c2cnccn2)C1. The predicted octanol–water partition coefficient (Wildman–Crippen LogP) is 1.02. The Morgan fingerprint density at radius 3 is 2.83 bits per heavy atom. The van der Waals surface area contributed by atoms with Crippen molar-refractivity contribution in [1.82, 2.24) is 24.8 Å². The van der Waals surface area contributed by atoms with Gasteiger partial charge in [0.1, 0.15) is 5.69 Å². The fourth-order valence-corrected chi connectivity index (χ4v) is 2.78. The van der Waals surface area contributed by atoms with E-state index in [0.717, 1.165) is 18.8 Å². The molecule has 2 aromatic heterocycles. The second kappa shape index (κ2) is 7.20. The molecule has 0 spiro atoms. The van der Waals surface area contributed by atoms with E-state index in [-0.39, 0.29) is 11.9 Å². The molecule has 8 nitrogen and oxygen atoms in total. The molecule has 0 aromatic carbocycles. The largest absolute Gasteiger partial charge is 0.475 e. The van der Waals surface area contributed by atoms with Gasteiger partial charge in [0.25, 0.3) is 11.8 Å². The molecular weight excluding hydrogens is 308 g/mol. The summed E-state index contributed by atoms with van der Waals surface area (Å²) < 4.78 is 5.55. The molecule has 1 unspecified atom stereocenters. The first-order valence-electron chi connectivity index (χ1n) is 7.92. The lowest BCUT2D eigenvalue weighted by Crippen LogP contribution is -2.39. The van der Waals surface area contributed by atoms with Gasteiger partial charge in [0.2, 0.25) is 0 Å². The van der Waals surface area contributed by atoms with E-state index in [0.29, 0.717) is 24.7 Å². The van der Waals surface area contributed by atoms with E-state index in [9.17, 15) is 4.79 Å². The fraction of sp³-hybridized carbons (Fsp3) is 0.438. The smallest absolute Gasteiger partial charge is 0.274 e. The molecule has 0 radical (unpaired) electrons. The maximum absolute atomic E-state index is 12.5. The minimum absolute atomic E-state index is 0.0796. The molecule has 1 fully saturated rings. The summed E-state index contributed by atoms with van der Waals surface area (Å²) in [6, 6.07) is 0.0796. The van der Waals surface area contributed by atoms with E-state index in [1.807, 2.05) is 6.92 Å². The molecule has 0 aliphatic carbocycles. The van der Waals surface area contributed by atoms with Crippen LogP contribution < -0.4 is 9.64 Å². The van der Waals surface area contributed by atoms with Gasteiger partial charge in [-0.05, 0) is 13.3 Å². The molecule has 1 aliphatic rings. The minimum atomic E-state index is -0.126. The van der Waals surface area contributed by atoms with Crippen molar-refractivity contribution >= 4 is 11.7 Å². The van der Waals surface area contributed by atoms with Gasteiger partial charge < -0.3 is 14.5 Å². The van der Waals surface area contributed by atoms with Crippen LogP contribution in [0.15, 0.2) is 31.0 Å². The predicted molar refractivity (Wildman–Crippen MR) is 87.9 cm³/mol. The molecule has 8 heteroatoms. The monoisotopic (exact) mass is 328 g/mol. The van der Waals surface area contributed by atoms with Crippen molar-refractivity contribution in [3.05, 3.63) is 36.7 Å². The summed E-state index contributed by atoms with van der Waals surface area (Å²) >= 11 is 0. The van der Waals surface area contributed by atoms with Gasteiger partial charge in [0, 0.05) is 44.9 Å². The van der Waals surface area contributed by atoms with Crippen LogP contribution in [0.5, 0.6) is 5.88 Å². The van der Waals surface area contributed by atoms with Crippen LogP contribution in [0.1, 0.15) is 23.8 Å². The number of carbonyl (C=O) groups is 1. The second-order valence-electron chi connectivity index (χ2n) is 5.51. The normalized spacial score (nSPS) is 16.9. The molecule has 1 amide bonds. The van der Waals surface area contributed by atoms with Gasteiger partial charge in [-0.3, -0.25) is 9.78 Å². The number of nitrogens with zero attached hydrogens (tertiary/aromatic N) is 6. The lowest BCUT2D eigenvalue weighted by atomic mass is 10.2. The van der Waals surface area contributed by atoms with Crippen LogP contribution in [-0.2, 0) is 0 Å². The van der Waals surface area contributed by atoms with Gasteiger partial charge in [0.15, 0.2) is 5.82 Å². The van der Waals surface area contributed by atoms with Gasteiger partial charge >= 0.3 is 0 Å². The summed E-state index contributed by atoms with van der Waals surface area (Å²) in [5.41, 5.74) is 0.355. The molecule has 3 rings (SSSR count). The van der Waals surface area contributed by atoms with E-state index < -0.39 is 0 Å². The lowest BCUT2D eigenvalue weighted by Gasteiger charge is -2.25. The molecule has 126 valence electrons. The average Bonchev–Trinajstić information content (AvgIpc) is 3.12. The Morgan fingerprint density at radius 1 is 1.29 bits per heavy atom. The highest BCUT2D eigenvalue weighted by molar-refractivity contribution is 5.92. The zero-order valence-corrected chi connectivity index (χ0v) is 13.8. The van der Waals surface area contributed by atoms with E-state index in [1.165, 1.54) is 12.4 Å². The van der Waals surface area contributed by atoms with Crippen molar-refractivity contribution in [3.8, 4) is 5.88 Å². The molecule has 1 aliphatic heterocycles. The van der Waals surface area contributed by atoms with Crippen LogP contribution in [-0.4, -0.2) is 63.5 Å². The molecule has 1 atom stereocenters. The molecule has 24 heavy (non-hydrogen) atoms. The van der Waals surface area contributed by atoms with Crippen LogP contribution in [0.4, 0.5) is 5.82 Å². The first-order valence-corrected chi connectivity index (χ1v) is 7.92. The van der Waals surface area contributed by atoms with E-state index >= 15 is 0 Å². The van der Waals surface area contributed by atoms with Crippen molar-refractivity contribution < 1.29 is 9.53 Å². The zero-order valence-electron chi connectivity index (χ0n) is 13.8.